The van der Waals surface area contributed by atoms with Crippen molar-refractivity contribution in [3.63, 3.8) is 0 Å². The van der Waals surface area contributed by atoms with E-state index in [4.69, 9.17) is 16.3 Å². The van der Waals surface area contributed by atoms with E-state index in [0.717, 1.165) is 5.69 Å². The molecule has 0 spiro atoms. The smallest absolute Gasteiger partial charge is 0.337 e. The highest BCUT2D eigenvalue weighted by Gasteiger charge is 2.07. The fourth-order valence-corrected chi connectivity index (χ4v) is 2.54. The second-order valence-electron chi connectivity index (χ2n) is 5.45. The van der Waals surface area contributed by atoms with Crippen molar-refractivity contribution < 1.29 is 14.3 Å². The van der Waals surface area contributed by atoms with E-state index in [2.05, 4.69) is 25.3 Å². The number of halogens is 1. The van der Waals surface area contributed by atoms with Gasteiger partial charge in [-0.15, -0.1) is 0 Å². The van der Waals surface area contributed by atoms with Crippen molar-refractivity contribution in [1.29, 1.82) is 0 Å². The Bertz CT molecular complexity index is 948. The summed E-state index contributed by atoms with van der Waals surface area (Å²) in [6.07, 6.45) is 1.44. The molecule has 8 heteroatoms. The Morgan fingerprint density at radius 2 is 1.67 bits per heavy atom. The highest BCUT2D eigenvalue weighted by molar-refractivity contribution is 6.31. The van der Waals surface area contributed by atoms with Gasteiger partial charge in [-0.05, 0) is 42.5 Å². The van der Waals surface area contributed by atoms with E-state index in [-0.39, 0.29) is 5.97 Å². The van der Waals surface area contributed by atoms with Crippen LogP contribution in [0.3, 0.4) is 0 Å². The van der Waals surface area contributed by atoms with Crippen molar-refractivity contribution in [2.75, 3.05) is 24.9 Å². The largest absolute Gasteiger partial charge is 0.495 e. The number of aromatic nitrogens is 2. The number of carbonyl (C=O) groups excluding carboxylic acids is 1. The van der Waals surface area contributed by atoms with Gasteiger partial charge >= 0.3 is 5.97 Å². The van der Waals surface area contributed by atoms with Crippen LogP contribution in [-0.2, 0) is 4.74 Å². The Hall–Kier alpha value is -3.32. The molecule has 2 aromatic carbocycles. The van der Waals surface area contributed by atoms with Gasteiger partial charge in [0, 0.05) is 16.8 Å². The average molecular weight is 385 g/mol. The molecule has 0 bridgehead atoms. The molecule has 0 saturated carbocycles. The highest BCUT2D eigenvalue weighted by Crippen LogP contribution is 2.30. The summed E-state index contributed by atoms with van der Waals surface area (Å²) < 4.78 is 10.0. The molecule has 3 aromatic rings. The fraction of sp³-hybridized carbons (Fsp3) is 0.105. The summed E-state index contributed by atoms with van der Waals surface area (Å²) in [5.74, 6) is 1.41. The van der Waals surface area contributed by atoms with Gasteiger partial charge in [-0.3, -0.25) is 0 Å². The Kier molecular flexibility index (Phi) is 5.73. The first-order valence-corrected chi connectivity index (χ1v) is 8.35. The van der Waals surface area contributed by atoms with Crippen LogP contribution in [0.15, 0.2) is 54.9 Å². The van der Waals surface area contributed by atoms with Crippen LogP contribution in [0, 0.1) is 0 Å². The SMILES string of the molecule is COC(=O)c1ccc(Nc2cc(Nc3cc(Cl)ccc3OC)ncn2)cc1. The first-order valence-electron chi connectivity index (χ1n) is 7.97. The van der Waals surface area contributed by atoms with Gasteiger partial charge in [0.1, 0.15) is 23.7 Å². The number of benzene rings is 2. The van der Waals surface area contributed by atoms with Crippen molar-refractivity contribution >= 4 is 40.6 Å². The number of nitrogens with one attached hydrogen (secondary N) is 2. The van der Waals surface area contributed by atoms with Gasteiger partial charge in [0.2, 0.25) is 0 Å². The van der Waals surface area contributed by atoms with E-state index in [1.807, 2.05) is 0 Å². The lowest BCUT2D eigenvalue weighted by atomic mass is 10.2. The van der Waals surface area contributed by atoms with Crippen LogP contribution < -0.4 is 15.4 Å². The van der Waals surface area contributed by atoms with Crippen LogP contribution in [0.1, 0.15) is 10.4 Å². The molecule has 1 heterocycles. The number of hydrogen-bond donors (Lipinski definition) is 2. The van der Waals surface area contributed by atoms with Crippen molar-refractivity contribution in [1.82, 2.24) is 9.97 Å². The third-order valence-corrected chi connectivity index (χ3v) is 3.90. The minimum atomic E-state index is -0.384. The number of rotatable bonds is 6. The van der Waals surface area contributed by atoms with Gasteiger partial charge in [0.25, 0.3) is 0 Å². The van der Waals surface area contributed by atoms with Crippen LogP contribution >= 0.6 is 11.6 Å². The van der Waals surface area contributed by atoms with E-state index in [1.54, 1.807) is 55.6 Å². The second kappa shape index (κ2) is 8.37. The van der Waals surface area contributed by atoms with E-state index in [0.29, 0.717) is 33.7 Å². The molecular weight excluding hydrogens is 368 g/mol. The number of ether oxygens (including phenoxy) is 2. The van der Waals surface area contributed by atoms with Crippen molar-refractivity contribution in [3.8, 4) is 5.75 Å². The third kappa shape index (κ3) is 4.65. The van der Waals surface area contributed by atoms with E-state index in [9.17, 15) is 4.79 Å². The molecule has 0 aliphatic rings. The molecule has 0 aliphatic heterocycles. The highest BCUT2D eigenvalue weighted by atomic mass is 35.5. The minimum Gasteiger partial charge on any atom is -0.495 e. The Morgan fingerprint density at radius 3 is 2.33 bits per heavy atom. The maximum atomic E-state index is 11.5. The first kappa shape index (κ1) is 18.5. The van der Waals surface area contributed by atoms with E-state index < -0.39 is 0 Å². The van der Waals surface area contributed by atoms with Crippen molar-refractivity contribution in [2.24, 2.45) is 0 Å². The lowest BCUT2D eigenvalue weighted by Crippen LogP contribution is -2.02. The fourth-order valence-electron chi connectivity index (χ4n) is 2.37. The summed E-state index contributed by atoms with van der Waals surface area (Å²) in [5, 5.41) is 6.89. The van der Waals surface area contributed by atoms with Crippen LogP contribution in [0.5, 0.6) is 5.75 Å². The van der Waals surface area contributed by atoms with Gasteiger partial charge in [0.15, 0.2) is 0 Å². The standard InChI is InChI=1S/C19H17ClN4O3/c1-26-16-8-5-13(20)9-15(16)24-18-10-17(21-11-22-18)23-14-6-3-12(4-7-14)19(25)27-2/h3-11H,1-2H3,(H2,21,22,23,24). The number of hydrogen-bond acceptors (Lipinski definition) is 7. The predicted molar refractivity (Wildman–Crippen MR) is 104 cm³/mol. The molecule has 0 atom stereocenters. The van der Waals surface area contributed by atoms with Crippen LogP contribution in [0.25, 0.3) is 0 Å². The van der Waals surface area contributed by atoms with E-state index in [1.165, 1.54) is 13.4 Å². The molecule has 0 amide bonds. The maximum Gasteiger partial charge on any atom is 0.337 e. The lowest BCUT2D eigenvalue weighted by molar-refractivity contribution is 0.0601. The zero-order valence-electron chi connectivity index (χ0n) is 14.7. The van der Waals surface area contributed by atoms with Crippen molar-refractivity contribution in [3.05, 3.63) is 65.4 Å². The molecule has 0 fully saturated rings. The quantitative estimate of drug-likeness (QED) is 0.608. The Morgan fingerprint density at radius 1 is 0.963 bits per heavy atom. The average Bonchev–Trinajstić information content (AvgIpc) is 2.68. The topological polar surface area (TPSA) is 85.4 Å². The number of methoxy groups -OCH3 is 2. The monoisotopic (exact) mass is 384 g/mol. The van der Waals surface area contributed by atoms with Gasteiger partial charge in [0.05, 0.1) is 25.5 Å². The third-order valence-electron chi connectivity index (χ3n) is 3.67. The molecule has 3 rings (SSSR count). The minimum absolute atomic E-state index is 0.384. The maximum absolute atomic E-state index is 11.5. The van der Waals surface area contributed by atoms with Crippen LogP contribution in [-0.4, -0.2) is 30.2 Å². The van der Waals surface area contributed by atoms with Crippen molar-refractivity contribution in [2.45, 2.75) is 0 Å². The molecule has 7 nitrogen and oxygen atoms in total. The summed E-state index contributed by atoms with van der Waals surface area (Å²) >= 11 is 6.05. The van der Waals surface area contributed by atoms with Gasteiger partial charge in [-0.1, -0.05) is 11.6 Å². The number of anilines is 4. The summed E-state index contributed by atoms with van der Waals surface area (Å²) in [6.45, 7) is 0. The van der Waals surface area contributed by atoms with Crippen LogP contribution in [0.4, 0.5) is 23.0 Å². The Balaban J connectivity index is 1.76. The normalized spacial score (nSPS) is 10.2. The molecule has 0 radical (unpaired) electrons. The van der Waals surface area contributed by atoms with Gasteiger partial charge < -0.3 is 20.1 Å². The molecule has 0 saturated heterocycles. The molecular formula is C19H17ClN4O3. The van der Waals surface area contributed by atoms with Crippen LogP contribution in [0.2, 0.25) is 5.02 Å². The lowest BCUT2D eigenvalue weighted by Gasteiger charge is -2.12. The number of nitrogens with zero attached hydrogens (tertiary/aromatic N) is 2. The summed E-state index contributed by atoms with van der Waals surface area (Å²) in [4.78, 5) is 19.9. The number of esters is 1. The van der Waals surface area contributed by atoms with Gasteiger partial charge in [-0.2, -0.15) is 0 Å². The molecule has 1 aromatic heterocycles. The summed E-state index contributed by atoms with van der Waals surface area (Å²) in [6, 6.07) is 13.9. The zero-order valence-corrected chi connectivity index (χ0v) is 15.4. The van der Waals surface area contributed by atoms with E-state index >= 15 is 0 Å². The Labute approximate surface area is 161 Å². The summed E-state index contributed by atoms with van der Waals surface area (Å²) in [7, 11) is 2.93. The molecule has 138 valence electrons. The molecule has 27 heavy (non-hydrogen) atoms. The molecule has 0 aliphatic carbocycles. The molecule has 0 unspecified atom stereocenters. The first-order chi connectivity index (χ1) is 13.1. The second-order valence-corrected chi connectivity index (χ2v) is 5.89. The zero-order chi connectivity index (χ0) is 19.2. The predicted octanol–water partition coefficient (Wildman–Crippen LogP) is 4.41. The van der Waals surface area contributed by atoms with Gasteiger partial charge in [-0.25, -0.2) is 14.8 Å². The summed E-state index contributed by atoms with van der Waals surface area (Å²) in [5.41, 5.74) is 1.94. The molecule has 2 N–H and O–H groups in total. The number of carbonyl (C=O) groups is 1.